The van der Waals surface area contributed by atoms with Gasteiger partial charge in [0.05, 0.1) is 7.11 Å². The highest BCUT2D eigenvalue weighted by Gasteiger charge is 2.25. The fourth-order valence-corrected chi connectivity index (χ4v) is 3.16. The van der Waals surface area contributed by atoms with Crippen molar-refractivity contribution in [3.63, 3.8) is 0 Å². The Hall–Kier alpha value is -2.53. The standard InChI is InChI=1S/C20H23NO4/c1-13-8-15-10-17(24-2)11-16(19(15)25-13)12-21-18(20(22)23)9-14-6-4-3-5-7-14/h3-7,10-11,13,18,21H,8-9,12H2,1-2H3,(H,22,23)/t13-,18+/m1/s1. The Morgan fingerprint density at radius 1 is 1.36 bits per heavy atom. The van der Waals surface area contributed by atoms with Crippen molar-refractivity contribution in [3.8, 4) is 11.5 Å². The zero-order valence-electron chi connectivity index (χ0n) is 14.5. The highest BCUT2D eigenvalue weighted by Crippen LogP contribution is 2.36. The molecule has 1 aliphatic rings. The Morgan fingerprint density at radius 3 is 2.80 bits per heavy atom. The normalized spacial score (nSPS) is 16.8. The molecule has 2 aromatic carbocycles. The number of hydrogen-bond donors (Lipinski definition) is 2. The minimum atomic E-state index is -0.863. The highest BCUT2D eigenvalue weighted by molar-refractivity contribution is 5.74. The SMILES string of the molecule is COc1cc(CN[C@@H](Cc2ccccc2)C(=O)O)c2c(c1)C[C@@H](C)O2. The van der Waals surface area contributed by atoms with E-state index in [0.29, 0.717) is 13.0 Å². The Kier molecular flexibility index (Phi) is 5.24. The molecule has 1 heterocycles. The van der Waals surface area contributed by atoms with Crippen LogP contribution in [0.5, 0.6) is 11.5 Å². The van der Waals surface area contributed by atoms with Crippen LogP contribution in [0, 0.1) is 0 Å². The number of benzene rings is 2. The lowest BCUT2D eigenvalue weighted by Gasteiger charge is -2.17. The maximum atomic E-state index is 11.6. The van der Waals surface area contributed by atoms with Crippen molar-refractivity contribution in [2.24, 2.45) is 0 Å². The maximum absolute atomic E-state index is 11.6. The van der Waals surface area contributed by atoms with Crippen LogP contribution in [0.1, 0.15) is 23.6 Å². The molecule has 0 unspecified atom stereocenters. The third-order valence-electron chi connectivity index (χ3n) is 4.40. The predicted octanol–water partition coefficient (Wildman–Crippen LogP) is 2.80. The van der Waals surface area contributed by atoms with E-state index in [4.69, 9.17) is 9.47 Å². The van der Waals surface area contributed by atoms with Gasteiger partial charge in [0.25, 0.3) is 0 Å². The Balaban J connectivity index is 1.75. The van der Waals surface area contributed by atoms with Gasteiger partial charge >= 0.3 is 5.97 Å². The first-order chi connectivity index (χ1) is 12.1. The number of carboxylic acids is 1. The Labute approximate surface area is 147 Å². The molecule has 25 heavy (non-hydrogen) atoms. The summed E-state index contributed by atoms with van der Waals surface area (Å²) in [5.41, 5.74) is 3.03. The molecular formula is C20H23NO4. The van der Waals surface area contributed by atoms with Crippen LogP contribution in [0.25, 0.3) is 0 Å². The number of ether oxygens (including phenoxy) is 2. The molecule has 0 amide bonds. The smallest absolute Gasteiger partial charge is 0.321 e. The van der Waals surface area contributed by atoms with Gasteiger partial charge in [0.1, 0.15) is 23.6 Å². The molecule has 132 valence electrons. The predicted molar refractivity (Wildman–Crippen MR) is 95.2 cm³/mol. The number of carboxylic acid groups (broad SMARTS) is 1. The molecule has 0 aliphatic carbocycles. The van der Waals surface area contributed by atoms with Gasteiger partial charge in [0.15, 0.2) is 0 Å². The molecule has 0 radical (unpaired) electrons. The second-order valence-electron chi connectivity index (χ2n) is 6.37. The molecule has 0 saturated carbocycles. The van der Waals surface area contributed by atoms with Gasteiger partial charge in [-0.05, 0) is 31.0 Å². The number of carbonyl (C=O) groups is 1. The van der Waals surface area contributed by atoms with E-state index in [-0.39, 0.29) is 6.10 Å². The van der Waals surface area contributed by atoms with Crippen molar-refractivity contribution in [1.29, 1.82) is 0 Å². The summed E-state index contributed by atoms with van der Waals surface area (Å²) < 4.78 is 11.3. The molecule has 0 saturated heterocycles. The summed E-state index contributed by atoms with van der Waals surface area (Å²) in [6.07, 6.45) is 1.39. The van der Waals surface area contributed by atoms with Crippen LogP contribution in [-0.4, -0.2) is 30.3 Å². The van der Waals surface area contributed by atoms with Crippen molar-refractivity contribution in [1.82, 2.24) is 5.32 Å². The average Bonchev–Trinajstić information content (AvgIpc) is 2.99. The van der Waals surface area contributed by atoms with Gasteiger partial charge in [-0.15, -0.1) is 0 Å². The molecule has 2 N–H and O–H groups in total. The number of rotatable bonds is 7. The quantitative estimate of drug-likeness (QED) is 0.810. The van der Waals surface area contributed by atoms with Gasteiger partial charge in [0, 0.05) is 24.1 Å². The van der Waals surface area contributed by atoms with E-state index < -0.39 is 12.0 Å². The lowest BCUT2D eigenvalue weighted by molar-refractivity contribution is -0.139. The van der Waals surface area contributed by atoms with E-state index in [2.05, 4.69) is 5.32 Å². The topological polar surface area (TPSA) is 67.8 Å². The first-order valence-corrected chi connectivity index (χ1v) is 8.43. The number of fused-ring (bicyclic) bond motifs is 1. The first kappa shape index (κ1) is 17.3. The van der Waals surface area contributed by atoms with Gasteiger partial charge in [0.2, 0.25) is 0 Å². The Bertz CT molecular complexity index is 745. The molecule has 5 heteroatoms. The molecule has 0 spiro atoms. The lowest BCUT2D eigenvalue weighted by atomic mass is 10.0. The van der Waals surface area contributed by atoms with Crippen LogP contribution in [0.15, 0.2) is 42.5 Å². The maximum Gasteiger partial charge on any atom is 0.321 e. The lowest BCUT2D eigenvalue weighted by Crippen LogP contribution is -2.38. The summed E-state index contributed by atoms with van der Waals surface area (Å²) in [6, 6.07) is 12.9. The number of methoxy groups -OCH3 is 1. The van der Waals surface area contributed by atoms with Gasteiger partial charge in [-0.2, -0.15) is 0 Å². The molecule has 1 aliphatic heterocycles. The van der Waals surface area contributed by atoms with Gasteiger partial charge < -0.3 is 14.6 Å². The van der Waals surface area contributed by atoms with Crippen LogP contribution in [-0.2, 0) is 24.2 Å². The summed E-state index contributed by atoms with van der Waals surface area (Å²) in [6.45, 7) is 2.44. The van der Waals surface area contributed by atoms with Crippen LogP contribution >= 0.6 is 0 Å². The van der Waals surface area contributed by atoms with Crippen LogP contribution in [0.4, 0.5) is 0 Å². The molecule has 2 atom stereocenters. The zero-order valence-corrected chi connectivity index (χ0v) is 14.5. The summed E-state index contributed by atoms with van der Waals surface area (Å²) >= 11 is 0. The van der Waals surface area contributed by atoms with Gasteiger partial charge in [-0.25, -0.2) is 0 Å². The zero-order chi connectivity index (χ0) is 17.8. The van der Waals surface area contributed by atoms with E-state index in [1.165, 1.54) is 0 Å². The molecule has 0 bridgehead atoms. The van der Waals surface area contributed by atoms with Crippen molar-refractivity contribution in [3.05, 3.63) is 59.2 Å². The summed E-state index contributed by atoms with van der Waals surface area (Å²) in [4.78, 5) is 11.6. The molecule has 3 rings (SSSR count). The third kappa shape index (κ3) is 4.12. The summed E-state index contributed by atoms with van der Waals surface area (Å²) in [5.74, 6) is 0.755. The minimum absolute atomic E-state index is 0.125. The number of nitrogens with one attached hydrogen (secondary N) is 1. The van der Waals surface area contributed by atoms with Crippen molar-refractivity contribution in [2.75, 3.05) is 7.11 Å². The van der Waals surface area contributed by atoms with Crippen molar-refractivity contribution in [2.45, 2.75) is 38.5 Å². The number of aliphatic carboxylic acids is 1. The second kappa shape index (κ2) is 7.57. The second-order valence-corrected chi connectivity index (χ2v) is 6.37. The summed E-state index contributed by atoms with van der Waals surface area (Å²) in [7, 11) is 1.63. The van der Waals surface area contributed by atoms with E-state index in [1.807, 2.05) is 49.4 Å². The number of hydrogen-bond acceptors (Lipinski definition) is 4. The molecular weight excluding hydrogens is 318 g/mol. The third-order valence-corrected chi connectivity index (χ3v) is 4.40. The van der Waals surface area contributed by atoms with Crippen molar-refractivity contribution < 1.29 is 19.4 Å². The van der Waals surface area contributed by atoms with Crippen molar-refractivity contribution >= 4 is 5.97 Å². The fourth-order valence-electron chi connectivity index (χ4n) is 3.16. The molecule has 0 fully saturated rings. The summed E-state index contributed by atoms with van der Waals surface area (Å²) in [5, 5.41) is 12.7. The van der Waals surface area contributed by atoms with Crippen LogP contribution in [0.3, 0.4) is 0 Å². The molecule has 2 aromatic rings. The van der Waals surface area contributed by atoms with Crippen LogP contribution < -0.4 is 14.8 Å². The highest BCUT2D eigenvalue weighted by atomic mass is 16.5. The largest absolute Gasteiger partial charge is 0.497 e. The van der Waals surface area contributed by atoms with E-state index in [9.17, 15) is 9.90 Å². The minimum Gasteiger partial charge on any atom is -0.497 e. The van der Waals surface area contributed by atoms with E-state index >= 15 is 0 Å². The molecule has 0 aromatic heterocycles. The molecule has 5 nitrogen and oxygen atoms in total. The fraction of sp³-hybridized carbons (Fsp3) is 0.350. The van der Waals surface area contributed by atoms with Crippen LogP contribution in [0.2, 0.25) is 0 Å². The van der Waals surface area contributed by atoms with Gasteiger partial charge in [-0.3, -0.25) is 10.1 Å². The average molecular weight is 341 g/mol. The first-order valence-electron chi connectivity index (χ1n) is 8.43. The van der Waals surface area contributed by atoms with E-state index in [0.717, 1.165) is 34.6 Å². The van der Waals surface area contributed by atoms with E-state index in [1.54, 1.807) is 7.11 Å². The monoisotopic (exact) mass is 341 g/mol. The van der Waals surface area contributed by atoms with Gasteiger partial charge in [-0.1, -0.05) is 30.3 Å². The Morgan fingerprint density at radius 2 is 2.12 bits per heavy atom.